The molecule has 0 amide bonds. The van der Waals surface area contributed by atoms with Crippen LogP contribution in [0, 0.1) is 39.9 Å². The second kappa shape index (κ2) is 19.3. The summed E-state index contributed by atoms with van der Waals surface area (Å²) in [7, 11) is 0. The van der Waals surface area contributed by atoms with E-state index < -0.39 is 46.2 Å². The Morgan fingerprint density at radius 3 is 0.538 bits per heavy atom. The van der Waals surface area contributed by atoms with Crippen LogP contribution in [0.2, 0.25) is 0 Å². The van der Waals surface area contributed by atoms with Crippen LogP contribution in [0.1, 0.15) is 0 Å². The summed E-state index contributed by atoms with van der Waals surface area (Å²) in [4.78, 5) is 0. The summed E-state index contributed by atoms with van der Waals surface area (Å²) in [6.45, 7) is 0. The number of hydrogen-bond acceptors (Lipinski definition) is 9. The van der Waals surface area contributed by atoms with Gasteiger partial charge in [0.2, 0.25) is 0 Å². The predicted molar refractivity (Wildman–Crippen MR) is 4.12 cm³/mol. The summed E-state index contributed by atoms with van der Waals surface area (Å²) in [6.07, 6.45) is 0. The van der Waals surface area contributed by atoms with Crippen LogP contribution in [0.5, 0.6) is 0 Å². The monoisotopic (exact) mass is 455 g/mol. The first-order valence-electron chi connectivity index (χ1n) is 1.64. The van der Waals surface area contributed by atoms with Gasteiger partial charge in [-0.3, -0.25) is 0 Å². The molecule has 0 aliphatic heterocycles. The molecule has 0 saturated heterocycles. The van der Waals surface area contributed by atoms with Crippen LogP contribution in [-0.2, 0) is 68.2 Å². The zero-order valence-corrected chi connectivity index (χ0v) is 11.8. The molecule has 0 atom stereocenters. The van der Waals surface area contributed by atoms with E-state index in [9.17, 15) is 0 Å². The molecule has 0 aliphatic rings. The van der Waals surface area contributed by atoms with E-state index in [-0.39, 0.29) is 39.9 Å². The maximum atomic E-state index is 8.56. The molecule has 0 N–H and O–H groups in total. The van der Waals surface area contributed by atoms with Gasteiger partial charge < -0.3 is 0 Å². The Morgan fingerprint density at radius 2 is 0.538 bits per heavy atom. The molecule has 77 valence electrons. The van der Waals surface area contributed by atoms with Crippen molar-refractivity contribution < 1.29 is 120 Å². The zero-order chi connectivity index (χ0) is 10.7. The molecule has 0 aromatic rings. The van der Waals surface area contributed by atoms with Gasteiger partial charge in [-0.25, -0.2) is 0 Å². The van der Waals surface area contributed by atoms with Gasteiger partial charge in [-0.05, 0) is 0 Å². The fraction of sp³-hybridized carbons (Fsp3) is 0. The molecule has 0 fully saturated rings. The van der Waals surface area contributed by atoms with Crippen molar-refractivity contribution in [2.24, 2.45) is 0 Å². The topological polar surface area (TPSA) is 172 Å². The van der Waals surface area contributed by atoms with Crippen molar-refractivity contribution in [1.29, 1.82) is 0 Å². The van der Waals surface area contributed by atoms with Crippen molar-refractivity contribution in [2.45, 2.75) is 0 Å². The van der Waals surface area contributed by atoms with Crippen LogP contribution in [0.15, 0.2) is 0 Å². The third-order valence-corrected chi connectivity index (χ3v) is 0. The van der Waals surface area contributed by atoms with Gasteiger partial charge in [0, 0.05) is 0 Å². The number of rotatable bonds is 0. The van der Waals surface area contributed by atoms with Crippen molar-refractivity contribution in [3.63, 3.8) is 0 Å². The normalized spacial score (nSPS) is 5.77. The first-order valence-corrected chi connectivity index (χ1v) is 6.77. The molecular formula is GdO9V3. The molecule has 9 nitrogen and oxygen atoms in total. The molecule has 0 bridgehead atoms. The Bertz CT molecular complexity index is 208. The van der Waals surface area contributed by atoms with Crippen molar-refractivity contribution in [1.82, 2.24) is 0 Å². The van der Waals surface area contributed by atoms with Gasteiger partial charge in [-0.15, -0.1) is 0 Å². The average molecular weight is 454 g/mol. The molecule has 0 aliphatic carbocycles. The Labute approximate surface area is 118 Å². The van der Waals surface area contributed by atoms with Crippen LogP contribution >= 0.6 is 0 Å². The summed E-state index contributed by atoms with van der Waals surface area (Å²) in [5.74, 6) is 0. The fourth-order valence-corrected chi connectivity index (χ4v) is 0. The molecule has 0 aromatic heterocycles. The summed E-state index contributed by atoms with van der Waals surface area (Å²) >= 11 is -11.8. The van der Waals surface area contributed by atoms with Crippen molar-refractivity contribution in [3.8, 4) is 0 Å². The van der Waals surface area contributed by atoms with Gasteiger partial charge in [-0.1, -0.05) is 0 Å². The molecule has 0 spiro atoms. The van der Waals surface area contributed by atoms with Crippen molar-refractivity contribution >= 4 is 0 Å². The molecule has 0 heterocycles. The summed E-state index contributed by atoms with van der Waals surface area (Å²) in [5, 5.41) is 0. The van der Waals surface area contributed by atoms with E-state index in [4.69, 9.17) is 34.1 Å². The second-order valence-electron chi connectivity index (χ2n) is 0.671. The summed E-state index contributed by atoms with van der Waals surface area (Å²) < 4.78 is 77.1. The second-order valence-corrected chi connectivity index (χ2v) is 2.77. The average Bonchev–Trinajstić information content (AvgIpc) is 1.54. The van der Waals surface area contributed by atoms with Crippen molar-refractivity contribution in [2.75, 3.05) is 0 Å². The minimum absolute atomic E-state index is 0. The van der Waals surface area contributed by atoms with E-state index in [0.717, 1.165) is 0 Å². The molecule has 1 radical (unpaired) electrons. The van der Waals surface area contributed by atoms with Crippen LogP contribution in [0.25, 0.3) is 0 Å². The Kier molecular flexibility index (Phi) is 35.9. The van der Waals surface area contributed by atoms with E-state index in [1.165, 1.54) is 0 Å². The Morgan fingerprint density at radius 1 is 0.538 bits per heavy atom. The first-order chi connectivity index (χ1) is 5.20. The molecule has 0 unspecified atom stereocenters. The molecule has 13 heavy (non-hydrogen) atoms. The maximum absolute atomic E-state index is 8.56. The van der Waals surface area contributed by atoms with E-state index >= 15 is 0 Å². The molecular weight excluding hydrogens is 454 g/mol. The fourth-order valence-electron chi connectivity index (χ4n) is 0. The van der Waals surface area contributed by atoms with Crippen molar-refractivity contribution in [3.05, 3.63) is 0 Å². The molecule has 0 rings (SSSR count). The zero-order valence-electron chi connectivity index (χ0n) is 5.37. The van der Waals surface area contributed by atoms with Gasteiger partial charge in [0.15, 0.2) is 0 Å². The summed E-state index contributed by atoms with van der Waals surface area (Å²) in [5.41, 5.74) is 0. The van der Waals surface area contributed by atoms with Gasteiger partial charge in [-0.2, -0.15) is 0 Å². The van der Waals surface area contributed by atoms with Gasteiger partial charge >= 0.3 is 120 Å². The number of hydrogen-bond donors (Lipinski definition) is 0. The predicted octanol–water partition coefficient (Wildman–Crippen LogP) is -4.29. The van der Waals surface area contributed by atoms with Crippen LogP contribution in [0.3, 0.4) is 0 Å². The third kappa shape index (κ3) is 615. The van der Waals surface area contributed by atoms with Gasteiger partial charge in [0.1, 0.15) is 0 Å². The van der Waals surface area contributed by atoms with E-state index in [1.807, 2.05) is 0 Å². The standard InChI is InChI=1S/Gd.9O.3V/q+3;;;;;;;3*-1;;;. The third-order valence-electron chi connectivity index (χ3n) is 0. The quantitative estimate of drug-likeness (QED) is 0.351. The van der Waals surface area contributed by atoms with E-state index in [1.54, 1.807) is 0 Å². The molecule has 0 saturated carbocycles. The summed E-state index contributed by atoms with van der Waals surface area (Å²) in [6, 6.07) is 0. The SMILES string of the molecule is [Gd+3].[O]=[V](=[O])[O-].[O]=[V](=[O])[O-].[O]=[V](=[O])[O-]. The Hall–Kier alpha value is 1.76. The Balaban J connectivity index is -0.0000000450. The van der Waals surface area contributed by atoms with E-state index in [2.05, 4.69) is 0 Å². The molecule has 0 aromatic carbocycles. The van der Waals surface area contributed by atoms with Crippen LogP contribution < -0.4 is 12.1 Å². The van der Waals surface area contributed by atoms with Gasteiger partial charge in [0.25, 0.3) is 0 Å². The minimum atomic E-state index is -3.94. The van der Waals surface area contributed by atoms with Gasteiger partial charge in [0.05, 0.1) is 0 Å². The van der Waals surface area contributed by atoms with Crippen LogP contribution in [-0.4, -0.2) is 0 Å². The molecule has 13 heteroatoms. The van der Waals surface area contributed by atoms with E-state index in [0.29, 0.717) is 0 Å². The van der Waals surface area contributed by atoms with Crippen LogP contribution in [0.4, 0.5) is 0 Å². The first kappa shape index (κ1) is 24.1.